The molecule has 3 N–H and O–H groups in total. The minimum absolute atomic E-state index is 0.128. The van der Waals surface area contributed by atoms with Crippen LogP contribution in [0.15, 0.2) is 4.90 Å². The fourth-order valence-corrected chi connectivity index (χ4v) is 2.97. The van der Waals surface area contributed by atoms with E-state index in [2.05, 4.69) is 10.2 Å². The van der Waals surface area contributed by atoms with Gasteiger partial charge in [-0.1, -0.05) is 0 Å². The highest BCUT2D eigenvalue weighted by Crippen LogP contribution is 2.29. The van der Waals surface area contributed by atoms with Gasteiger partial charge in [-0.05, 0) is 19.3 Å². The maximum Gasteiger partial charge on any atom is 0.182 e. The number of aromatic amines is 1. The molecule has 0 bridgehead atoms. The van der Waals surface area contributed by atoms with E-state index in [-0.39, 0.29) is 10.7 Å². The van der Waals surface area contributed by atoms with E-state index in [1.54, 1.807) is 0 Å². The molecule has 1 aliphatic heterocycles. The zero-order valence-corrected chi connectivity index (χ0v) is 10.0. The number of hydrogen-bond acceptors (Lipinski definition) is 5. The van der Waals surface area contributed by atoms with Crippen LogP contribution in [0.4, 0.5) is 11.6 Å². The monoisotopic (exact) mass is 244 g/mol. The van der Waals surface area contributed by atoms with E-state index >= 15 is 0 Å². The van der Waals surface area contributed by atoms with Gasteiger partial charge in [0.2, 0.25) is 0 Å². The first-order valence-corrected chi connectivity index (χ1v) is 7.18. The van der Waals surface area contributed by atoms with Crippen molar-refractivity contribution < 1.29 is 8.42 Å². The van der Waals surface area contributed by atoms with Gasteiger partial charge in [-0.15, -0.1) is 0 Å². The van der Waals surface area contributed by atoms with Gasteiger partial charge in [0, 0.05) is 19.3 Å². The lowest BCUT2D eigenvalue weighted by Gasteiger charge is -2.27. The van der Waals surface area contributed by atoms with E-state index in [1.165, 1.54) is 6.42 Å². The summed E-state index contributed by atoms with van der Waals surface area (Å²) in [5.41, 5.74) is 5.61. The van der Waals surface area contributed by atoms with Crippen LogP contribution in [0, 0.1) is 0 Å². The van der Waals surface area contributed by atoms with Crippen molar-refractivity contribution in [3.8, 4) is 0 Å². The number of hydrogen-bond donors (Lipinski definition) is 2. The molecule has 0 amide bonds. The fraction of sp³-hybridized carbons (Fsp3) is 0.667. The molecule has 2 rings (SSSR count). The van der Waals surface area contributed by atoms with E-state index in [9.17, 15) is 8.42 Å². The van der Waals surface area contributed by atoms with Crippen molar-refractivity contribution in [2.75, 3.05) is 30.0 Å². The Balaban J connectivity index is 2.41. The van der Waals surface area contributed by atoms with Crippen molar-refractivity contribution in [1.29, 1.82) is 0 Å². The topological polar surface area (TPSA) is 92.1 Å². The molecular formula is C9H16N4O2S. The summed E-state index contributed by atoms with van der Waals surface area (Å²) >= 11 is 0. The summed E-state index contributed by atoms with van der Waals surface area (Å²) in [5, 5.41) is 6.55. The molecule has 0 aliphatic carbocycles. The van der Waals surface area contributed by atoms with Gasteiger partial charge >= 0.3 is 0 Å². The van der Waals surface area contributed by atoms with Crippen molar-refractivity contribution in [2.45, 2.75) is 24.2 Å². The van der Waals surface area contributed by atoms with Crippen molar-refractivity contribution >= 4 is 21.5 Å². The first kappa shape index (κ1) is 11.3. The minimum atomic E-state index is -3.33. The third kappa shape index (κ3) is 1.99. The lowest BCUT2D eigenvalue weighted by molar-refractivity contribution is 0.568. The molecule has 0 atom stereocenters. The van der Waals surface area contributed by atoms with Gasteiger partial charge in [0.1, 0.15) is 5.82 Å². The van der Waals surface area contributed by atoms with E-state index in [0.29, 0.717) is 5.82 Å². The minimum Gasteiger partial charge on any atom is -0.383 e. The van der Waals surface area contributed by atoms with E-state index in [0.717, 1.165) is 32.2 Å². The number of piperidine rings is 1. The van der Waals surface area contributed by atoms with Crippen molar-refractivity contribution in [1.82, 2.24) is 10.2 Å². The molecule has 7 heteroatoms. The Kier molecular flexibility index (Phi) is 2.79. The van der Waals surface area contributed by atoms with Gasteiger partial charge in [0.25, 0.3) is 0 Å². The molecule has 16 heavy (non-hydrogen) atoms. The molecule has 1 aromatic heterocycles. The molecule has 90 valence electrons. The summed E-state index contributed by atoms with van der Waals surface area (Å²) in [6.07, 6.45) is 4.47. The average molecular weight is 244 g/mol. The summed E-state index contributed by atoms with van der Waals surface area (Å²) in [7, 11) is -3.33. The van der Waals surface area contributed by atoms with Gasteiger partial charge in [0.05, 0.1) is 0 Å². The highest BCUT2D eigenvalue weighted by atomic mass is 32.2. The highest BCUT2D eigenvalue weighted by Gasteiger charge is 2.25. The second-order valence-corrected chi connectivity index (χ2v) is 6.06. The Hall–Kier alpha value is -1.24. The zero-order chi connectivity index (χ0) is 11.8. The van der Waals surface area contributed by atoms with Crippen LogP contribution in [0.3, 0.4) is 0 Å². The standard InChI is InChI=1S/C9H16N4O2S/c1-16(14,15)7-8(10)11-12-9(7)13-5-3-2-4-6-13/h2-6H2,1H3,(H3,10,11,12). The maximum absolute atomic E-state index is 11.6. The van der Waals surface area contributed by atoms with Gasteiger partial charge < -0.3 is 10.6 Å². The molecule has 0 spiro atoms. The van der Waals surface area contributed by atoms with E-state index in [1.807, 2.05) is 4.90 Å². The molecule has 1 aliphatic rings. The van der Waals surface area contributed by atoms with E-state index < -0.39 is 9.84 Å². The third-order valence-corrected chi connectivity index (χ3v) is 3.90. The fourth-order valence-electron chi connectivity index (χ4n) is 2.02. The predicted octanol–water partition coefficient (Wildman–Crippen LogP) is 0.386. The van der Waals surface area contributed by atoms with Gasteiger partial charge in [-0.3, -0.25) is 5.10 Å². The van der Waals surface area contributed by atoms with Crippen LogP contribution in [-0.2, 0) is 9.84 Å². The first-order chi connectivity index (χ1) is 7.50. The molecule has 6 nitrogen and oxygen atoms in total. The lowest BCUT2D eigenvalue weighted by Crippen LogP contribution is -2.30. The largest absolute Gasteiger partial charge is 0.383 e. The zero-order valence-electron chi connectivity index (χ0n) is 9.23. The van der Waals surface area contributed by atoms with Crippen molar-refractivity contribution in [3.05, 3.63) is 0 Å². The van der Waals surface area contributed by atoms with Gasteiger partial charge in [-0.2, -0.15) is 5.10 Å². The van der Waals surface area contributed by atoms with E-state index in [4.69, 9.17) is 5.73 Å². The number of anilines is 2. The Morgan fingerprint density at radius 2 is 1.94 bits per heavy atom. The number of H-pyrrole nitrogens is 1. The number of aromatic nitrogens is 2. The first-order valence-electron chi connectivity index (χ1n) is 5.29. The predicted molar refractivity (Wildman–Crippen MR) is 62.2 cm³/mol. The molecule has 0 aromatic carbocycles. The number of nitrogens with zero attached hydrogens (tertiary/aromatic N) is 2. The Bertz CT molecular complexity index is 474. The third-order valence-electron chi connectivity index (χ3n) is 2.76. The number of nitrogens with two attached hydrogens (primary N) is 1. The van der Waals surface area contributed by atoms with Crippen LogP contribution in [0.25, 0.3) is 0 Å². The second-order valence-electron chi connectivity index (χ2n) is 4.11. The van der Waals surface area contributed by atoms with Crippen LogP contribution < -0.4 is 10.6 Å². The summed E-state index contributed by atoms with van der Waals surface area (Å²) in [5.74, 6) is 0.600. The molecule has 1 saturated heterocycles. The van der Waals surface area contributed by atoms with Crippen molar-refractivity contribution in [3.63, 3.8) is 0 Å². The highest BCUT2D eigenvalue weighted by molar-refractivity contribution is 7.91. The number of nitrogen functional groups attached to an aromatic ring is 1. The summed E-state index contributed by atoms with van der Waals surface area (Å²) in [6.45, 7) is 1.68. The van der Waals surface area contributed by atoms with Gasteiger partial charge in [-0.25, -0.2) is 8.42 Å². The number of nitrogens with one attached hydrogen (secondary N) is 1. The van der Waals surface area contributed by atoms with Crippen LogP contribution in [0.5, 0.6) is 0 Å². The average Bonchev–Trinajstić information content (AvgIpc) is 2.61. The second kappa shape index (κ2) is 3.97. The molecule has 0 unspecified atom stereocenters. The molecule has 1 aromatic rings. The lowest BCUT2D eigenvalue weighted by atomic mass is 10.1. The van der Waals surface area contributed by atoms with Crippen LogP contribution in [0.1, 0.15) is 19.3 Å². The molecular weight excluding hydrogens is 228 g/mol. The molecule has 2 heterocycles. The molecule has 0 saturated carbocycles. The van der Waals surface area contributed by atoms with Crippen molar-refractivity contribution in [2.24, 2.45) is 0 Å². The molecule has 1 fully saturated rings. The normalized spacial score (nSPS) is 17.7. The Labute approximate surface area is 94.7 Å². The van der Waals surface area contributed by atoms with Crippen LogP contribution in [-0.4, -0.2) is 38.0 Å². The molecule has 0 radical (unpaired) electrons. The van der Waals surface area contributed by atoms with Crippen LogP contribution in [0.2, 0.25) is 0 Å². The summed E-state index contributed by atoms with van der Waals surface area (Å²) in [6, 6.07) is 0. The van der Waals surface area contributed by atoms with Gasteiger partial charge in [0.15, 0.2) is 20.6 Å². The number of sulfone groups is 1. The quantitative estimate of drug-likeness (QED) is 0.785. The summed E-state index contributed by atoms with van der Waals surface area (Å²) < 4.78 is 23.2. The maximum atomic E-state index is 11.6. The Morgan fingerprint density at radius 1 is 1.31 bits per heavy atom. The van der Waals surface area contributed by atoms with Crippen LogP contribution >= 0.6 is 0 Å². The Morgan fingerprint density at radius 3 is 2.50 bits per heavy atom. The number of rotatable bonds is 2. The SMILES string of the molecule is CS(=O)(=O)c1c(N2CCCCC2)n[nH]c1N. The smallest absolute Gasteiger partial charge is 0.182 e. The summed E-state index contributed by atoms with van der Waals surface area (Å²) in [4.78, 5) is 2.11.